The van der Waals surface area contributed by atoms with Gasteiger partial charge in [0.15, 0.2) is 6.61 Å². The molecular weight excluding hydrogens is 370 g/mol. The number of carbonyl (C=O) groups is 2. The number of amides is 2. The van der Waals surface area contributed by atoms with Gasteiger partial charge in [-0.25, -0.2) is 13.1 Å². The summed E-state index contributed by atoms with van der Waals surface area (Å²) < 4.78 is 32.8. The topological polar surface area (TPSA) is 105 Å². The minimum Gasteiger partial charge on any atom is -0.482 e. The van der Waals surface area contributed by atoms with Gasteiger partial charge in [-0.3, -0.25) is 14.5 Å². The summed E-state index contributed by atoms with van der Waals surface area (Å²) in [6, 6.07) is 4.20. The van der Waals surface area contributed by atoms with E-state index in [-0.39, 0.29) is 41.9 Å². The van der Waals surface area contributed by atoms with Crippen molar-refractivity contribution in [1.29, 1.82) is 0 Å². The van der Waals surface area contributed by atoms with Gasteiger partial charge in [-0.2, -0.15) is 0 Å². The van der Waals surface area contributed by atoms with Gasteiger partial charge >= 0.3 is 0 Å². The van der Waals surface area contributed by atoms with E-state index in [9.17, 15) is 18.0 Å². The lowest BCUT2D eigenvalue weighted by atomic mass is 10.2. The van der Waals surface area contributed by atoms with Gasteiger partial charge in [0.25, 0.3) is 5.91 Å². The number of benzene rings is 1. The molecule has 1 aliphatic heterocycles. The Morgan fingerprint density at radius 3 is 2.67 bits per heavy atom. The number of anilines is 1. The molecule has 0 saturated heterocycles. The first kappa shape index (κ1) is 19.6. The molecule has 2 N–H and O–H groups in total. The van der Waals surface area contributed by atoms with Gasteiger partial charge in [0.2, 0.25) is 15.9 Å². The van der Waals surface area contributed by atoms with Crippen molar-refractivity contribution in [3.05, 3.63) is 18.2 Å². The molecule has 1 aromatic carbocycles. The van der Waals surface area contributed by atoms with Gasteiger partial charge in [0, 0.05) is 12.1 Å². The molecule has 0 bridgehead atoms. The van der Waals surface area contributed by atoms with Crippen LogP contribution in [0.15, 0.2) is 23.1 Å². The van der Waals surface area contributed by atoms with Crippen LogP contribution in [-0.4, -0.2) is 45.5 Å². The van der Waals surface area contributed by atoms with E-state index in [2.05, 4.69) is 10.0 Å². The molecule has 2 aliphatic rings. The second-order valence-electron chi connectivity index (χ2n) is 7.22. The Labute approximate surface area is 159 Å². The first-order valence-electron chi connectivity index (χ1n) is 9.15. The summed E-state index contributed by atoms with van der Waals surface area (Å²) in [5.41, 5.74) is 0.291. The highest BCUT2D eigenvalue weighted by Crippen LogP contribution is 2.34. The molecule has 1 saturated carbocycles. The number of ether oxygens (including phenoxy) is 1. The monoisotopic (exact) mass is 395 g/mol. The summed E-state index contributed by atoms with van der Waals surface area (Å²) in [6.45, 7) is 3.11. The maximum Gasteiger partial charge on any atom is 0.265 e. The molecule has 0 radical (unpaired) electrons. The fourth-order valence-electron chi connectivity index (χ4n) is 3.39. The number of hydrogen-bond donors (Lipinski definition) is 2. The molecular formula is C18H25N3O5S. The molecule has 0 aromatic heterocycles. The first-order chi connectivity index (χ1) is 12.8. The van der Waals surface area contributed by atoms with Crippen LogP contribution < -0.4 is 19.7 Å². The second kappa shape index (κ2) is 7.85. The molecule has 3 rings (SSSR count). The Bertz CT molecular complexity index is 831. The third-order valence-electron chi connectivity index (χ3n) is 4.60. The van der Waals surface area contributed by atoms with E-state index >= 15 is 0 Å². The largest absolute Gasteiger partial charge is 0.482 e. The second-order valence-corrected chi connectivity index (χ2v) is 8.94. The highest BCUT2D eigenvalue weighted by atomic mass is 32.2. The Balaban J connectivity index is 1.83. The summed E-state index contributed by atoms with van der Waals surface area (Å²) in [4.78, 5) is 26.0. The lowest BCUT2D eigenvalue weighted by Gasteiger charge is -2.29. The molecule has 1 fully saturated rings. The molecule has 2 amide bonds. The summed E-state index contributed by atoms with van der Waals surface area (Å²) in [5.74, 6) is -0.251. The molecule has 1 aromatic rings. The smallest absolute Gasteiger partial charge is 0.265 e. The summed E-state index contributed by atoms with van der Waals surface area (Å²) in [5, 5.41) is 2.94. The van der Waals surface area contributed by atoms with Gasteiger partial charge in [0.05, 0.1) is 10.6 Å². The first-order valence-corrected chi connectivity index (χ1v) is 10.6. The van der Waals surface area contributed by atoms with Crippen molar-refractivity contribution in [3.8, 4) is 5.75 Å². The van der Waals surface area contributed by atoms with Crippen molar-refractivity contribution in [2.24, 2.45) is 0 Å². The Morgan fingerprint density at radius 2 is 2.00 bits per heavy atom. The van der Waals surface area contributed by atoms with Gasteiger partial charge in [0.1, 0.15) is 12.3 Å². The van der Waals surface area contributed by atoms with Crippen molar-refractivity contribution in [1.82, 2.24) is 10.0 Å². The third kappa shape index (κ3) is 4.59. The molecule has 8 nitrogen and oxygen atoms in total. The van der Waals surface area contributed by atoms with Crippen LogP contribution in [-0.2, 0) is 19.6 Å². The zero-order valence-electron chi connectivity index (χ0n) is 15.5. The Hall–Kier alpha value is -2.13. The van der Waals surface area contributed by atoms with E-state index in [1.165, 1.54) is 23.1 Å². The number of sulfonamides is 1. The van der Waals surface area contributed by atoms with E-state index in [0.717, 1.165) is 25.7 Å². The molecule has 0 spiro atoms. The van der Waals surface area contributed by atoms with E-state index in [1.807, 2.05) is 0 Å². The van der Waals surface area contributed by atoms with Crippen molar-refractivity contribution < 1.29 is 22.7 Å². The van der Waals surface area contributed by atoms with Crippen molar-refractivity contribution >= 4 is 27.5 Å². The summed E-state index contributed by atoms with van der Waals surface area (Å²) in [7, 11) is -3.73. The van der Waals surface area contributed by atoms with E-state index in [0.29, 0.717) is 11.4 Å². The van der Waals surface area contributed by atoms with Crippen LogP contribution in [0, 0.1) is 0 Å². The minimum absolute atomic E-state index is 0.0226. The maximum atomic E-state index is 12.4. The quantitative estimate of drug-likeness (QED) is 0.752. The van der Waals surface area contributed by atoms with Crippen LogP contribution in [0.4, 0.5) is 5.69 Å². The van der Waals surface area contributed by atoms with Crippen LogP contribution in [0.3, 0.4) is 0 Å². The van der Waals surface area contributed by atoms with Crippen LogP contribution in [0.1, 0.15) is 39.5 Å². The Morgan fingerprint density at radius 1 is 1.30 bits per heavy atom. The fraction of sp³-hybridized carbons (Fsp3) is 0.556. The van der Waals surface area contributed by atoms with Crippen LogP contribution in [0.5, 0.6) is 5.75 Å². The van der Waals surface area contributed by atoms with Crippen molar-refractivity contribution in [3.63, 3.8) is 0 Å². The number of nitrogens with zero attached hydrogens (tertiary/aromatic N) is 1. The van der Waals surface area contributed by atoms with Crippen LogP contribution >= 0.6 is 0 Å². The van der Waals surface area contributed by atoms with Gasteiger partial charge in [-0.1, -0.05) is 12.8 Å². The number of carbonyl (C=O) groups excluding carboxylic acids is 2. The van der Waals surface area contributed by atoms with Gasteiger partial charge in [-0.15, -0.1) is 0 Å². The lowest BCUT2D eigenvalue weighted by Crippen LogP contribution is -2.47. The lowest BCUT2D eigenvalue weighted by molar-refractivity contribution is -0.125. The molecule has 0 unspecified atom stereocenters. The van der Waals surface area contributed by atoms with E-state index in [4.69, 9.17) is 4.74 Å². The molecule has 9 heteroatoms. The third-order valence-corrected chi connectivity index (χ3v) is 6.25. The predicted octanol–water partition coefficient (Wildman–Crippen LogP) is 1.16. The molecule has 0 atom stereocenters. The summed E-state index contributed by atoms with van der Waals surface area (Å²) in [6.07, 6.45) is 4.08. The summed E-state index contributed by atoms with van der Waals surface area (Å²) >= 11 is 0. The number of nitrogens with one attached hydrogen (secondary N) is 2. The van der Waals surface area contributed by atoms with Crippen molar-refractivity contribution in [2.75, 3.05) is 18.1 Å². The average Bonchev–Trinajstić information content (AvgIpc) is 3.08. The maximum absolute atomic E-state index is 12.4. The average molecular weight is 395 g/mol. The number of hydrogen-bond acceptors (Lipinski definition) is 5. The zero-order valence-corrected chi connectivity index (χ0v) is 16.3. The minimum atomic E-state index is -3.73. The highest BCUT2D eigenvalue weighted by Gasteiger charge is 2.30. The van der Waals surface area contributed by atoms with Crippen molar-refractivity contribution in [2.45, 2.75) is 56.5 Å². The zero-order chi connectivity index (χ0) is 19.6. The van der Waals surface area contributed by atoms with Crippen LogP contribution in [0.25, 0.3) is 0 Å². The highest BCUT2D eigenvalue weighted by molar-refractivity contribution is 7.89. The molecule has 1 aliphatic carbocycles. The van der Waals surface area contributed by atoms with E-state index < -0.39 is 10.0 Å². The SMILES string of the molecule is CC(C)NS(=O)(=O)c1ccc2c(c1)N(CC(=O)NC1CCCC1)C(=O)CO2. The Kier molecular flexibility index (Phi) is 5.71. The van der Waals surface area contributed by atoms with E-state index in [1.54, 1.807) is 13.8 Å². The molecule has 1 heterocycles. The number of rotatable bonds is 6. The van der Waals surface area contributed by atoms with Gasteiger partial charge < -0.3 is 10.1 Å². The predicted molar refractivity (Wildman–Crippen MR) is 100 cm³/mol. The molecule has 148 valence electrons. The van der Waals surface area contributed by atoms with Crippen LogP contribution in [0.2, 0.25) is 0 Å². The molecule has 27 heavy (non-hydrogen) atoms. The standard InChI is InChI=1S/C18H25N3O5S/c1-12(2)20-27(24,25)14-7-8-16-15(9-14)21(18(23)11-26-16)10-17(22)19-13-5-3-4-6-13/h7-9,12-13,20H,3-6,10-11H2,1-2H3,(H,19,22). The normalized spacial score (nSPS) is 17.7. The van der Waals surface area contributed by atoms with Gasteiger partial charge in [-0.05, 0) is 44.9 Å². The number of fused-ring (bicyclic) bond motifs is 1. The fourth-order valence-corrected chi connectivity index (χ4v) is 4.66.